The number of para-hydroxylation sites is 1. The third-order valence-corrected chi connectivity index (χ3v) is 9.03. The molecule has 3 fully saturated rings. The third-order valence-electron chi connectivity index (χ3n) is 9.03. The second-order valence-electron chi connectivity index (χ2n) is 12.2. The Morgan fingerprint density at radius 3 is 2.27 bits per heavy atom. The van der Waals surface area contributed by atoms with Gasteiger partial charge in [-0.25, -0.2) is 9.48 Å². The molecule has 2 atom stereocenters. The second kappa shape index (κ2) is 15.6. The summed E-state index contributed by atoms with van der Waals surface area (Å²) in [5.74, 6) is -2.44. The average molecular weight is 668 g/mol. The fraction of sp³-hybridized carbons (Fsp3) is 0.531. The van der Waals surface area contributed by atoms with Crippen LogP contribution < -0.4 is 15.4 Å². The van der Waals surface area contributed by atoms with E-state index in [1.54, 1.807) is 30.3 Å². The van der Waals surface area contributed by atoms with Gasteiger partial charge in [-0.3, -0.25) is 24.0 Å². The summed E-state index contributed by atoms with van der Waals surface area (Å²) in [5, 5.41) is 28.4. The Kier molecular flexibility index (Phi) is 11.1. The van der Waals surface area contributed by atoms with Crippen molar-refractivity contribution in [2.24, 2.45) is 5.92 Å². The monoisotopic (exact) mass is 667 g/mol. The van der Waals surface area contributed by atoms with E-state index in [1.807, 2.05) is 0 Å². The second-order valence-corrected chi connectivity index (χ2v) is 12.2. The number of benzene rings is 1. The summed E-state index contributed by atoms with van der Waals surface area (Å²) in [6.07, 6.45) is 2.94. The maximum atomic E-state index is 13.5. The van der Waals surface area contributed by atoms with Crippen molar-refractivity contribution >= 4 is 35.7 Å². The number of aliphatic carboxylic acids is 1. The van der Waals surface area contributed by atoms with E-state index in [4.69, 9.17) is 4.74 Å². The van der Waals surface area contributed by atoms with Crippen LogP contribution in [0.5, 0.6) is 5.88 Å². The molecule has 16 nitrogen and oxygen atoms in total. The Labute approximate surface area is 277 Å². The summed E-state index contributed by atoms with van der Waals surface area (Å²) in [5.41, 5.74) is 0.391. The molecular weight excluding hydrogens is 626 g/mol. The molecule has 5 amide bonds. The van der Waals surface area contributed by atoms with Crippen LogP contribution in [0.15, 0.2) is 36.4 Å². The van der Waals surface area contributed by atoms with Gasteiger partial charge in [-0.05, 0) is 50.2 Å². The van der Waals surface area contributed by atoms with Gasteiger partial charge in [0.15, 0.2) is 12.3 Å². The molecule has 2 aromatic rings. The van der Waals surface area contributed by atoms with Crippen molar-refractivity contribution in [3.63, 3.8) is 0 Å². The fourth-order valence-electron chi connectivity index (χ4n) is 6.04. The van der Waals surface area contributed by atoms with Crippen LogP contribution in [-0.2, 0) is 19.2 Å². The van der Waals surface area contributed by atoms with Crippen LogP contribution in [0.25, 0.3) is 5.69 Å². The molecule has 1 aliphatic carbocycles. The topological polar surface area (TPSA) is 204 Å². The van der Waals surface area contributed by atoms with Gasteiger partial charge < -0.3 is 40.3 Å². The molecule has 0 radical (unpaired) electrons. The predicted molar refractivity (Wildman–Crippen MR) is 168 cm³/mol. The van der Waals surface area contributed by atoms with E-state index in [0.29, 0.717) is 37.5 Å². The largest absolute Gasteiger partial charge is 0.481 e. The highest BCUT2D eigenvalue weighted by atomic mass is 16.5. The van der Waals surface area contributed by atoms with Gasteiger partial charge in [0.05, 0.1) is 5.69 Å². The highest BCUT2D eigenvalue weighted by Crippen LogP contribution is 2.26. The van der Waals surface area contributed by atoms with Crippen molar-refractivity contribution in [3.8, 4) is 11.6 Å². The van der Waals surface area contributed by atoms with E-state index in [0.717, 1.165) is 12.8 Å². The van der Waals surface area contributed by atoms with Crippen LogP contribution in [0.2, 0.25) is 0 Å². The van der Waals surface area contributed by atoms with E-state index in [-0.39, 0.29) is 56.0 Å². The first-order chi connectivity index (χ1) is 23.1. The number of nitrogens with one attached hydrogen (secondary N) is 2. The summed E-state index contributed by atoms with van der Waals surface area (Å²) in [6, 6.07) is 8.30. The van der Waals surface area contributed by atoms with Gasteiger partial charge in [-0.2, -0.15) is 5.10 Å². The number of ether oxygens (including phenoxy) is 1. The zero-order valence-corrected chi connectivity index (χ0v) is 26.6. The normalized spacial score (nSPS) is 18.5. The van der Waals surface area contributed by atoms with E-state index in [1.165, 1.54) is 31.9 Å². The summed E-state index contributed by atoms with van der Waals surface area (Å²) in [6.45, 7) is 0.994. The van der Waals surface area contributed by atoms with Crippen LogP contribution in [0, 0.1) is 5.92 Å². The summed E-state index contributed by atoms with van der Waals surface area (Å²) in [7, 11) is 0. The van der Waals surface area contributed by atoms with Gasteiger partial charge in [-0.1, -0.05) is 24.6 Å². The van der Waals surface area contributed by atoms with E-state index < -0.39 is 49.0 Å². The minimum Gasteiger partial charge on any atom is -0.481 e. The number of hydrogen-bond donors (Lipinski definition) is 4. The lowest BCUT2D eigenvalue weighted by Gasteiger charge is -2.35. The maximum Gasteiger partial charge on any atom is 0.407 e. The first kappa shape index (κ1) is 34.2. The zero-order chi connectivity index (χ0) is 34.2. The van der Waals surface area contributed by atoms with Crippen LogP contribution >= 0.6 is 0 Å². The first-order valence-corrected chi connectivity index (χ1v) is 16.3. The molecule has 0 unspecified atom stereocenters. The van der Waals surface area contributed by atoms with Gasteiger partial charge in [0.2, 0.25) is 17.7 Å². The lowest BCUT2D eigenvalue weighted by atomic mass is 9.85. The SMILES string of the molecule is O=C(O)CC[C@H](NC(=O)c1cc(OCC(=O)N2CCC[C@H]2C(=O)NCC2CCC2)n(-c2ccccc2)n1)C(=O)N1CCN(C(=O)O)CC1. The smallest absolute Gasteiger partial charge is 0.407 e. The van der Waals surface area contributed by atoms with Gasteiger partial charge in [0, 0.05) is 51.8 Å². The molecule has 2 aliphatic heterocycles. The highest BCUT2D eigenvalue weighted by Gasteiger charge is 2.35. The Morgan fingerprint density at radius 1 is 0.917 bits per heavy atom. The Hall–Kier alpha value is -5.15. The summed E-state index contributed by atoms with van der Waals surface area (Å²) in [4.78, 5) is 79.6. The molecule has 0 bridgehead atoms. The number of piperazine rings is 1. The summed E-state index contributed by atoms with van der Waals surface area (Å²) >= 11 is 0. The van der Waals surface area contributed by atoms with Crippen LogP contribution in [-0.4, -0.2) is 128 Å². The van der Waals surface area contributed by atoms with Crippen molar-refractivity contribution < 1.29 is 43.7 Å². The molecule has 4 N–H and O–H groups in total. The van der Waals surface area contributed by atoms with Crippen LogP contribution in [0.1, 0.15) is 55.4 Å². The molecule has 5 rings (SSSR count). The number of aromatic nitrogens is 2. The standard InChI is InChI=1S/C32H41N7O9/c40-26(38-13-5-10-25(38)30(44)33-19-21-6-4-7-21)20-48-27-18-24(35-39(27)22-8-2-1-3-9-22)29(43)34-23(11-12-28(41)42)31(45)36-14-16-37(17-15-36)32(46)47/h1-3,8-9,18,21,23,25H,4-7,10-17,19-20H2,(H,33,44)(H,34,43)(H,41,42)(H,46,47)/t23-,25-/m0/s1. The molecule has 3 aliphatic rings. The number of hydrogen-bond acceptors (Lipinski definition) is 8. The molecule has 1 aromatic heterocycles. The first-order valence-electron chi connectivity index (χ1n) is 16.3. The van der Waals surface area contributed by atoms with Gasteiger partial charge in [0.25, 0.3) is 11.8 Å². The average Bonchev–Trinajstić information content (AvgIpc) is 3.73. The number of nitrogens with zero attached hydrogens (tertiary/aromatic N) is 5. The van der Waals surface area contributed by atoms with E-state index >= 15 is 0 Å². The van der Waals surface area contributed by atoms with Gasteiger partial charge in [0.1, 0.15) is 12.1 Å². The van der Waals surface area contributed by atoms with Crippen molar-refractivity contribution in [1.29, 1.82) is 0 Å². The van der Waals surface area contributed by atoms with E-state index in [2.05, 4.69) is 15.7 Å². The minimum absolute atomic E-state index is 0.0723. The number of carbonyl (C=O) groups is 6. The number of rotatable bonds is 13. The lowest BCUT2D eigenvalue weighted by Crippen LogP contribution is -2.55. The number of likely N-dealkylation sites (tertiary alicyclic amines) is 1. The number of amides is 5. The van der Waals surface area contributed by atoms with Crippen LogP contribution in [0.4, 0.5) is 4.79 Å². The molecular formula is C32H41N7O9. The molecule has 258 valence electrons. The molecule has 48 heavy (non-hydrogen) atoms. The van der Waals surface area contributed by atoms with Crippen molar-refractivity contribution in [1.82, 2.24) is 35.1 Å². The van der Waals surface area contributed by atoms with Gasteiger partial charge >= 0.3 is 12.1 Å². The van der Waals surface area contributed by atoms with Crippen molar-refractivity contribution in [3.05, 3.63) is 42.1 Å². The number of carboxylic acids is 1. The number of carboxylic acid groups (broad SMARTS) is 2. The zero-order valence-electron chi connectivity index (χ0n) is 26.6. The fourth-order valence-corrected chi connectivity index (χ4v) is 6.04. The summed E-state index contributed by atoms with van der Waals surface area (Å²) < 4.78 is 7.24. The number of carbonyl (C=O) groups excluding carboxylic acids is 4. The highest BCUT2D eigenvalue weighted by molar-refractivity contribution is 5.96. The Bertz CT molecular complexity index is 1500. The Morgan fingerprint density at radius 2 is 1.62 bits per heavy atom. The third kappa shape index (κ3) is 8.41. The molecule has 2 saturated heterocycles. The quantitative estimate of drug-likeness (QED) is 0.238. The Balaban J connectivity index is 1.27. The molecule has 0 spiro atoms. The maximum absolute atomic E-state index is 13.5. The minimum atomic E-state index is -1.21. The van der Waals surface area contributed by atoms with E-state index in [9.17, 15) is 39.0 Å². The molecule has 3 heterocycles. The van der Waals surface area contributed by atoms with Crippen molar-refractivity contribution in [2.75, 3.05) is 45.9 Å². The van der Waals surface area contributed by atoms with Crippen LogP contribution in [0.3, 0.4) is 0 Å². The predicted octanol–water partition coefficient (Wildman–Crippen LogP) is 0.944. The molecule has 16 heteroatoms. The van der Waals surface area contributed by atoms with Crippen molar-refractivity contribution in [2.45, 2.75) is 57.0 Å². The molecule has 1 aromatic carbocycles. The molecule has 1 saturated carbocycles. The lowest BCUT2D eigenvalue weighted by molar-refractivity contribution is -0.140. The van der Waals surface area contributed by atoms with Gasteiger partial charge in [-0.15, -0.1) is 0 Å².